The molecule has 2 heterocycles. The maximum absolute atomic E-state index is 13.5. The van der Waals surface area contributed by atoms with Gasteiger partial charge in [-0.2, -0.15) is 0 Å². The van der Waals surface area contributed by atoms with E-state index in [1.807, 2.05) is 48.5 Å². The monoisotopic (exact) mass is 571 g/mol. The van der Waals surface area contributed by atoms with Crippen molar-refractivity contribution in [1.29, 1.82) is 0 Å². The highest BCUT2D eigenvalue weighted by molar-refractivity contribution is 8.14. The first-order valence-corrected chi connectivity index (χ1v) is 14.0. The molecule has 0 unspecified atom stereocenters. The number of thioether (sulfide) groups is 1. The summed E-state index contributed by atoms with van der Waals surface area (Å²) >= 11 is 1.16. The highest BCUT2D eigenvalue weighted by atomic mass is 32.2. The molecule has 0 radical (unpaired) electrons. The number of ether oxygens (including phenoxy) is 2. The van der Waals surface area contributed by atoms with E-state index in [0.717, 1.165) is 28.6 Å². The molecule has 1 atom stereocenters. The number of aliphatic imine (C=N–C) groups is 2. The number of anilines is 1. The third-order valence-electron chi connectivity index (χ3n) is 6.53. The lowest BCUT2D eigenvalue weighted by molar-refractivity contribution is -0.125. The molecular weight excluding hydrogens is 542 g/mol. The lowest BCUT2D eigenvalue weighted by Crippen LogP contribution is -2.41. The molecule has 2 aliphatic heterocycles. The summed E-state index contributed by atoms with van der Waals surface area (Å²) in [5.41, 5.74) is 2.95. The Bertz CT molecular complexity index is 1520. The second-order valence-corrected chi connectivity index (χ2v) is 10.2. The highest BCUT2D eigenvalue weighted by Crippen LogP contribution is 2.34. The molecule has 10 nitrogen and oxygen atoms in total. The van der Waals surface area contributed by atoms with Crippen LogP contribution in [-0.4, -0.2) is 59.6 Å². The summed E-state index contributed by atoms with van der Waals surface area (Å²) < 4.78 is 10.4. The minimum Gasteiger partial charge on any atom is -0.497 e. The molecule has 0 spiro atoms. The van der Waals surface area contributed by atoms with Crippen molar-refractivity contribution in [2.45, 2.75) is 25.4 Å². The normalized spacial score (nSPS) is 15.3. The van der Waals surface area contributed by atoms with Crippen LogP contribution in [0.3, 0.4) is 0 Å². The molecule has 2 N–H and O–H groups in total. The minimum atomic E-state index is -0.723. The Kier molecular flexibility index (Phi) is 8.64. The van der Waals surface area contributed by atoms with Crippen LogP contribution in [0.25, 0.3) is 0 Å². The zero-order valence-corrected chi connectivity index (χ0v) is 23.4. The van der Waals surface area contributed by atoms with Crippen molar-refractivity contribution in [3.05, 3.63) is 83.9 Å². The van der Waals surface area contributed by atoms with Crippen LogP contribution in [-0.2, 0) is 20.9 Å². The Hall–Kier alpha value is -4.64. The molecule has 11 heteroatoms. The van der Waals surface area contributed by atoms with E-state index in [1.54, 1.807) is 38.5 Å². The molecule has 0 aromatic heterocycles. The molecule has 5 rings (SSSR count). The van der Waals surface area contributed by atoms with E-state index in [-0.39, 0.29) is 36.3 Å². The molecule has 3 aromatic carbocycles. The summed E-state index contributed by atoms with van der Waals surface area (Å²) in [5, 5.41) is 6.10. The number of nitrogens with one attached hydrogen (secondary N) is 2. The molecule has 41 heavy (non-hydrogen) atoms. The van der Waals surface area contributed by atoms with Gasteiger partial charge in [0.15, 0.2) is 5.17 Å². The fourth-order valence-electron chi connectivity index (χ4n) is 4.42. The number of para-hydroxylation sites is 1. The average molecular weight is 572 g/mol. The number of nitrogens with zero attached hydrogens (tertiary/aromatic N) is 3. The Balaban J connectivity index is 1.22. The van der Waals surface area contributed by atoms with Crippen molar-refractivity contribution < 1.29 is 23.9 Å². The second kappa shape index (κ2) is 12.7. The van der Waals surface area contributed by atoms with E-state index < -0.39 is 6.04 Å². The molecule has 2 aliphatic rings. The summed E-state index contributed by atoms with van der Waals surface area (Å²) in [6.07, 6.45) is 0.394. The van der Waals surface area contributed by atoms with Gasteiger partial charge in [0.05, 0.1) is 25.7 Å². The molecule has 210 valence electrons. The van der Waals surface area contributed by atoms with Crippen LogP contribution in [0.5, 0.6) is 11.5 Å². The first kappa shape index (κ1) is 27.9. The van der Waals surface area contributed by atoms with Crippen molar-refractivity contribution in [2.75, 3.05) is 25.3 Å². The minimum absolute atomic E-state index is 0.0354. The van der Waals surface area contributed by atoms with Gasteiger partial charge in [0.1, 0.15) is 23.4 Å². The number of hydrogen-bond donors (Lipinski definition) is 2. The van der Waals surface area contributed by atoms with Gasteiger partial charge in [-0.05, 0) is 48.4 Å². The van der Waals surface area contributed by atoms with Crippen LogP contribution in [0.2, 0.25) is 0 Å². The van der Waals surface area contributed by atoms with Gasteiger partial charge in [0.2, 0.25) is 11.8 Å². The van der Waals surface area contributed by atoms with Gasteiger partial charge in [-0.1, -0.05) is 42.1 Å². The zero-order chi connectivity index (χ0) is 28.8. The molecule has 0 aliphatic carbocycles. The van der Waals surface area contributed by atoms with Crippen molar-refractivity contribution in [2.24, 2.45) is 9.98 Å². The number of amidine groups is 2. The van der Waals surface area contributed by atoms with E-state index in [4.69, 9.17) is 14.5 Å². The third-order valence-corrected chi connectivity index (χ3v) is 7.47. The smallest absolute Gasteiger partial charge is 0.259 e. The summed E-state index contributed by atoms with van der Waals surface area (Å²) in [7, 11) is 3.16. The first-order valence-electron chi connectivity index (χ1n) is 13.0. The number of amides is 3. The molecule has 3 amide bonds. The predicted molar refractivity (Wildman–Crippen MR) is 159 cm³/mol. The van der Waals surface area contributed by atoms with Gasteiger partial charge >= 0.3 is 0 Å². The van der Waals surface area contributed by atoms with Crippen LogP contribution >= 0.6 is 11.8 Å². The molecule has 0 saturated carbocycles. The van der Waals surface area contributed by atoms with Crippen LogP contribution in [0.1, 0.15) is 24.0 Å². The maximum Gasteiger partial charge on any atom is 0.259 e. The fourth-order valence-corrected chi connectivity index (χ4v) is 5.22. The SMILES string of the molecule is COc1ccc(CNC(=O)CC[C@@H]2N=C3c4ccccc4N=C(SCC(=O)Nc4cccc(OC)c4)N3C2=O)cc1. The van der Waals surface area contributed by atoms with Crippen LogP contribution in [0, 0.1) is 0 Å². The van der Waals surface area contributed by atoms with Gasteiger partial charge in [0, 0.05) is 30.3 Å². The number of fused-ring (bicyclic) bond motifs is 3. The summed E-state index contributed by atoms with van der Waals surface area (Å²) in [6, 6.07) is 21.2. The lowest BCUT2D eigenvalue weighted by atomic mass is 10.1. The predicted octanol–water partition coefficient (Wildman–Crippen LogP) is 4.13. The molecule has 0 saturated heterocycles. The Labute approximate surface area is 241 Å². The fraction of sp³-hybridized carbons (Fsp3) is 0.233. The largest absolute Gasteiger partial charge is 0.497 e. The first-order chi connectivity index (χ1) is 19.9. The standard InChI is InChI=1S/C30H29N5O5S/c1-39-21-12-10-19(11-13-21)17-31-26(36)15-14-25-29(38)35-28(33-25)23-8-3-4-9-24(23)34-30(35)41-18-27(37)32-20-6-5-7-22(16-20)40-2/h3-13,16,25H,14-15,17-18H2,1-2H3,(H,31,36)(H,32,37)/t25-/m0/s1. The topological polar surface area (TPSA) is 122 Å². The van der Waals surface area contributed by atoms with Crippen molar-refractivity contribution in [1.82, 2.24) is 10.2 Å². The van der Waals surface area contributed by atoms with Gasteiger partial charge in [-0.25, -0.2) is 9.89 Å². The van der Waals surface area contributed by atoms with Gasteiger partial charge in [-0.3, -0.25) is 19.4 Å². The molecule has 3 aromatic rings. The number of benzene rings is 3. The summed E-state index contributed by atoms with van der Waals surface area (Å²) in [4.78, 5) is 49.6. The number of methoxy groups -OCH3 is 2. The average Bonchev–Trinajstić information content (AvgIpc) is 3.34. The van der Waals surface area contributed by atoms with Crippen LogP contribution < -0.4 is 20.1 Å². The van der Waals surface area contributed by atoms with Gasteiger partial charge in [-0.15, -0.1) is 0 Å². The Morgan fingerprint density at radius 1 is 0.951 bits per heavy atom. The van der Waals surface area contributed by atoms with E-state index in [1.165, 1.54) is 4.90 Å². The number of rotatable bonds is 10. The Morgan fingerprint density at radius 2 is 1.73 bits per heavy atom. The van der Waals surface area contributed by atoms with Crippen molar-refractivity contribution in [3.63, 3.8) is 0 Å². The Morgan fingerprint density at radius 3 is 2.51 bits per heavy atom. The molecular formula is C30H29N5O5S. The quantitative estimate of drug-likeness (QED) is 0.378. The third kappa shape index (κ3) is 6.58. The van der Waals surface area contributed by atoms with Crippen LogP contribution in [0.4, 0.5) is 11.4 Å². The van der Waals surface area contributed by atoms with Gasteiger partial charge < -0.3 is 20.1 Å². The second-order valence-electron chi connectivity index (χ2n) is 9.29. The van der Waals surface area contributed by atoms with E-state index in [2.05, 4.69) is 15.6 Å². The zero-order valence-electron chi connectivity index (χ0n) is 22.6. The number of hydrogen-bond acceptors (Lipinski definition) is 8. The lowest BCUT2D eigenvalue weighted by Gasteiger charge is -2.25. The molecule has 0 fully saturated rings. The number of carbonyl (C=O) groups is 3. The van der Waals surface area contributed by atoms with E-state index >= 15 is 0 Å². The highest BCUT2D eigenvalue weighted by Gasteiger charge is 2.41. The van der Waals surface area contributed by atoms with Crippen molar-refractivity contribution in [3.8, 4) is 11.5 Å². The number of carbonyl (C=O) groups excluding carboxylic acids is 3. The van der Waals surface area contributed by atoms with Crippen LogP contribution in [0.15, 0.2) is 82.8 Å². The van der Waals surface area contributed by atoms with Crippen molar-refractivity contribution >= 4 is 51.9 Å². The summed E-state index contributed by atoms with van der Waals surface area (Å²) in [5.74, 6) is 1.21. The van der Waals surface area contributed by atoms with E-state index in [0.29, 0.717) is 34.7 Å². The van der Waals surface area contributed by atoms with Gasteiger partial charge in [0.25, 0.3) is 5.91 Å². The summed E-state index contributed by atoms with van der Waals surface area (Å²) in [6.45, 7) is 0.376. The maximum atomic E-state index is 13.5. The molecule has 0 bridgehead atoms. The van der Waals surface area contributed by atoms with E-state index in [9.17, 15) is 14.4 Å².